The van der Waals surface area contributed by atoms with Gasteiger partial charge in [-0.3, -0.25) is 0 Å². The molecule has 0 aromatic heterocycles. The van der Waals surface area contributed by atoms with Crippen LogP contribution in [-0.2, 0) is 12.8 Å². The first kappa shape index (κ1) is 27.0. The Balaban J connectivity index is 1.27. The maximum absolute atomic E-state index is 8.66. The summed E-state index contributed by atoms with van der Waals surface area (Å²) in [6, 6.07) is 21.6. The van der Waals surface area contributed by atoms with E-state index < -0.39 is 0 Å². The standard InChI is InChI=1S/C31H46N2/c32-27-18-22-30-23-25-31(26-24-30)33-28-17-12-10-8-6-4-2-1-3-5-7-9-11-14-19-29-20-15-13-16-21-29/h13,15-16,20-21,23-26,33H,1-12,14,17-19,22,28H2. The average molecular weight is 447 g/mol. The zero-order chi connectivity index (χ0) is 23.2. The van der Waals surface area contributed by atoms with E-state index in [0.29, 0.717) is 6.42 Å². The van der Waals surface area contributed by atoms with Crippen LogP contribution in [-0.4, -0.2) is 6.54 Å². The highest BCUT2D eigenvalue weighted by molar-refractivity contribution is 5.44. The van der Waals surface area contributed by atoms with Crippen molar-refractivity contribution in [3.8, 4) is 6.07 Å². The lowest BCUT2D eigenvalue weighted by Gasteiger charge is -2.07. The van der Waals surface area contributed by atoms with Gasteiger partial charge in [0, 0.05) is 18.7 Å². The van der Waals surface area contributed by atoms with Crippen LogP contribution in [0, 0.1) is 11.3 Å². The third-order valence-electron chi connectivity index (χ3n) is 6.54. The van der Waals surface area contributed by atoms with E-state index in [1.54, 1.807) is 0 Å². The predicted octanol–water partition coefficient (Wildman–Crippen LogP) is 9.26. The second-order valence-electron chi connectivity index (χ2n) is 9.47. The molecule has 0 saturated carbocycles. The van der Waals surface area contributed by atoms with Crippen LogP contribution in [0.1, 0.15) is 107 Å². The highest BCUT2D eigenvalue weighted by Gasteiger charge is 1.97. The molecule has 0 aliphatic rings. The van der Waals surface area contributed by atoms with Crippen LogP contribution in [0.15, 0.2) is 54.6 Å². The van der Waals surface area contributed by atoms with Crippen LogP contribution in [0.25, 0.3) is 0 Å². The highest BCUT2D eigenvalue weighted by atomic mass is 14.9. The Labute approximate surface area is 203 Å². The molecule has 0 atom stereocenters. The fraction of sp³-hybridized carbons (Fsp3) is 0.581. The Kier molecular flexibility index (Phi) is 15.7. The molecule has 0 fully saturated rings. The minimum atomic E-state index is 0.600. The minimum absolute atomic E-state index is 0.600. The summed E-state index contributed by atoms with van der Waals surface area (Å²) in [5.74, 6) is 0. The van der Waals surface area contributed by atoms with Gasteiger partial charge in [-0.25, -0.2) is 0 Å². The van der Waals surface area contributed by atoms with Crippen molar-refractivity contribution in [2.45, 2.75) is 109 Å². The molecule has 180 valence electrons. The number of unbranched alkanes of at least 4 members (excludes halogenated alkanes) is 13. The second kappa shape index (κ2) is 19.2. The van der Waals surface area contributed by atoms with Crippen molar-refractivity contribution >= 4 is 5.69 Å². The molecule has 0 bridgehead atoms. The molecule has 0 amide bonds. The van der Waals surface area contributed by atoms with Crippen LogP contribution < -0.4 is 5.32 Å². The Morgan fingerprint density at radius 3 is 1.55 bits per heavy atom. The van der Waals surface area contributed by atoms with E-state index in [1.165, 1.54) is 113 Å². The van der Waals surface area contributed by atoms with E-state index >= 15 is 0 Å². The molecule has 0 aliphatic carbocycles. The van der Waals surface area contributed by atoms with Crippen LogP contribution in [0.3, 0.4) is 0 Å². The maximum Gasteiger partial charge on any atom is 0.0625 e. The van der Waals surface area contributed by atoms with Crippen molar-refractivity contribution in [1.82, 2.24) is 0 Å². The number of rotatable bonds is 20. The highest BCUT2D eigenvalue weighted by Crippen LogP contribution is 2.15. The summed E-state index contributed by atoms with van der Waals surface area (Å²) >= 11 is 0. The molecule has 33 heavy (non-hydrogen) atoms. The number of hydrogen-bond donors (Lipinski definition) is 1. The van der Waals surface area contributed by atoms with E-state index in [1.807, 2.05) is 0 Å². The first-order valence-corrected chi connectivity index (χ1v) is 13.6. The summed E-state index contributed by atoms with van der Waals surface area (Å²) in [6.45, 7) is 1.06. The summed E-state index contributed by atoms with van der Waals surface area (Å²) in [5.41, 5.74) is 3.93. The second-order valence-corrected chi connectivity index (χ2v) is 9.47. The van der Waals surface area contributed by atoms with Crippen molar-refractivity contribution in [3.05, 3.63) is 65.7 Å². The monoisotopic (exact) mass is 446 g/mol. The fourth-order valence-corrected chi connectivity index (χ4v) is 4.44. The number of nitrogens with zero attached hydrogens (tertiary/aromatic N) is 1. The summed E-state index contributed by atoms with van der Waals surface area (Å²) in [4.78, 5) is 0. The van der Waals surface area contributed by atoms with Crippen molar-refractivity contribution < 1.29 is 0 Å². The lowest BCUT2D eigenvalue weighted by molar-refractivity contribution is 0.534. The molecule has 2 aromatic carbocycles. The van der Waals surface area contributed by atoms with E-state index in [-0.39, 0.29) is 0 Å². The van der Waals surface area contributed by atoms with Gasteiger partial charge in [0.1, 0.15) is 0 Å². The third kappa shape index (κ3) is 14.5. The Hall–Kier alpha value is -2.27. The van der Waals surface area contributed by atoms with Gasteiger partial charge in [-0.2, -0.15) is 5.26 Å². The van der Waals surface area contributed by atoms with Crippen LogP contribution >= 0.6 is 0 Å². The number of nitrogens with one attached hydrogen (secondary N) is 1. The topological polar surface area (TPSA) is 35.8 Å². The van der Waals surface area contributed by atoms with Crippen molar-refractivity contribution in [2.24, 2.45) is 0 Å². The van der Waals surface area contributed by atoms with Gasteiger partial charge in [-0.05, 0) is 48.9 Å². The molecule has 0 unspecified atom stereocenters. The Bertz CT molecular complexity index is 730. The third-order valence-corrected chi connectivity index (χ3v) is 6.54. The maximum atomic E-state index is 8.66. The summed E-state index contributed by atoms with van der Waals surface area (Å²) in [5, 5.41) is 12.2. The zero-order valence-corrected chi connectivity index (χ0v) is 20.9. The van der Waals surface area contributed by atoms with Crippen molar-refractivity contribution in [2.75, 3.05) is 11.9 Å². The van der Waals surface area contributed by atoms with Gasteiger partial charge in [0.15, 0.2) is 0 Å². The number of hydrogen-bond acceptors (Lipinski definition) is 2. The zero-order valence-electron chi connectivity index (χ0n) is 20.9. The largest absolute Gasteiger partial charge is 0.385 e. The molecular formula is C31H46N2. The van der Waals surface area contributed by atoms with E-state index in [9.17, 15) is 0 Å². The van der Waals surface area contributed by atoms with Gasteiger partial charge in [-0.15, -0.1) is 0 Å². The first-order chi connectivity index (χ1) is 16.4. The molecule has 2 aromatic rings. The van der Waals surface area contributed by atoms with Crippen molar-refractivity contribution in [3.63, 3.8) is 0 Å². The molecule has 0 heterocycles. The quantitative estimate of drug-likeness (QED) is 0.206. The average Bonchev–Trinajstić information content (AvgIpc) is 2.86. The predicted molar refractivity (Wildman–Crippen MR) is 144 cm³/mol. The molecule has 0 saturated heterocycles. The molecule has 0 radical (unpaired) electrons. The van der Waals surface area contributed by atoms with Gasteiger partial charge in [-0.1, -0.05) is 120 Å². The van der Waals surface area contributed by atoms with Crippen molar-refractivity contribution in [1.29, 1.82) is 5.26 Å². The number of anilines is 1. The smallest absolute Gasteiger partial charge is 0.0625 e. The normalized spacial score (nSPS) is 10.8. The molecular weight excluding hydrogens is 400 g/mol. The fourth-order valence-electron chi connectivity index (χ4n) is 4.44. The van der Waals surface area contributed by atoms with Crippen LogP contribution in [0.4, 0.5) is 5.69 Å². The molecule has 2 rings (SSSR count). The lowest BCUT2D eigenvalue weighted by atomic mass is 10.0. The van der Waals surface area contributed by atoms with Gasteiger partial charge in [0.05, 0.1) is 6.07 Å². The van der Waals surface area contributed by atoms with Gasteiger partial charge in [0.25, 0.3) is 0 Å². The summed E-state index contributed by atoms with van der Waals surface area (Å²) in [6.07, 6.45) is 22.2. The SMILES string of the molecule is N#CCCc1ccc(NCCCCCCCCCCCCCCCCc2ccccc2)cc1. The molecule has 2 nitrogen and oxygen atoms in total. The molecule has 1 N–H and O–H groups in total. The van der Waals surface area contributed by atoms with E-state index in [2.05, 4.69) is 66.0 Å². The number of aryl methyl sites for hydroxylation is 2. The van der Waals surface area contributed by atoms with E-state index in [0.717, 1.165) is 13.0 Å². The van der Waals surface area contributed by atoms with Crippen LogP contribution in [0.2, 0.25) is 0 Å². The summed E-state index contributed by atoms with van der Waals surface area (Å²) in [7, 11) is 0. The molecule has 0 aliphatic heterocycles. The van der Waals surface area contributed by atoms with Gasteiger partial charge in [0.2, 0.25) is 0 Å². The first-order valence-electron chi connectivity index (χ1n) is 13.6. The molecule has 2 heteroatoms. The lowest BCUT2D eigenvalue weighted by Crippen LogP contribution is -2.01. The Morgan fingerprint density at radius 1 is 0.515 bits per heavy atom. The van der Waals surface area contributed by atoms with Gasteiger partial charge < -0.3 is 5.32 Å². The van der Waals surface area contributed by atoms with Crippen LogP contribution in [0.5, 0.6) is 0 Å². The minimum Gasteiger partial charge on any atom is -0.385 e. The summed E-state index contributed by atoms with van der Waals surface area (Å²) < 4.78 is 0. The molecule has 0 spiro atoms. The van der Waals surface area contributed by atoms with Gasteiger partial charge >= 0.3 is 0 Å². The number of benzene rings is 2. The number of nitriles is 1. The van der Waals surface area contributed by atoms with E-state index in [4.69, 9.17) is 5.26 Å². The Morgan fingerprint density at radius 2 is 1.00 bits per heavy atom.